The normalized spacial score (nSPS) is 11.3. The van der Waals surface area contributed by atoms with Gasteiger partial charge in [0, 0.05) is 18.5 Å². The van der Waals surface area contributed by atoms with Crippen LogP contribution in [0.15, 0.2) is 54.6 Å². The Balaban J connectivity index is 1.73. The van der Waals surface area contributed by atoms with E-state index in [1.165, 1.54) is 16.7 Å². The molecule has 0 aliphatic heterocycles. The highest BCUT2D eigenvalue weighted by Gasteiger charge is 2.20. The van der Waals surface area contributed by atoms with Gasteiger partial charge in [-0.1, -0.05) is 74.0 Å². The number of carbonyl (C=O) groups excluding carboxylic acids is 1. The molecule has 0 saturated carbocycles. The molecule has 23 heavy (non-hydrogen) atoms. The van der Waals surface area contributed by atoms with Crippen molar-refractivity contribution in [1.82, 2.24) is 10.6 Å². The third-order valence-electron chi connectivity index (χ3n) is 4.02. The average molecular weight is 310 g/mol. The lowest BCUT2D eigenvalue weighted by Gasteiger charge is -2.25. The van der Waals surface area contributed by atoms with Crippen molar-refractivity contribution in [3.63, 3.8) is 0 Å². The second kappa shape index (κ2) is 7.93. The van der Waals surface area contributed by atoms with Crippen LogP contribution in [0.1, 0.15) is 30.5 Å². The average Bonchev–Trinajstić information content (AvgIpc) is 2.56. The first-order chi connectivity index (χ1) is 11.0. The van der Waals surface area contributed by atoms with Crippen molar-refractivity contribution in [2.45, 2.75) is 32.7 Å². The quantitative estimate of drug-likeness (QED) is 0.824. The predicted octanol–water partition coefficient (Wildman–Crippen LogP) is 3.18. The minimum atomic E-state index is -0.0755. The molecule has 3 nitrogen and oxygen atoms in total. The number of benzene rings is 2. The molecule has 0 saturated heterocycles. The van der Waals surface area contributed by atoms with E-state index in [1.54, 1.807) is 0 Å². The van der Waals surface area contributed by atoms with Crippen molar-refractivity contribution in [3.05, 3.63) is 71.3 Å². The van der Waals surface area contributed by atoms with Crippen LogP contribution in [0.25, 0.3) is 0 Å². The van der Waals surface area contributed by atoms with Gasteiger partial charge in [0.2, 0.25) is 5.91 Å². The highest BCUT2D eigenvalue weighted by molar-refractivity contribution is 5.78. The van der Waals surface area contributed by atoms with Crippen molar-refractivity contribution in [3.8, 4) is 0 Å². The molecule has 1 amide bonds. The minimum absolute atomic E-state index is 0.0288. The highest BCUT2D eigenvalue weighted by atomic mass is 16.1. The van der Waals surface area contributed by atoms with Gasteiger partial charge in [0.05, 0.1) is 6.54 Å². The van der Waals surface area contributed by atoms with Gasteiger partial charge in [0.15, 0.2) is 0 Å². The van der Waals surface area contributed by atoms with E-state index >= 15 is 0 Å². The number of hydrogen-bond acceptors (Lipinski definition) is 2. The van der Waals surface area contributed by atoms with Gasteiger partial charge in [-0.25, -0.2) is 0 Å². The van der Waals surface area contributed by atoms with Crippen LogP contribution in [0.4, 0.5) is 0 Å². The van der Waals surface area contributed by atoms with E-state index in [0.717, 1.165) is 0 Å². The van der Waals surface area contributed by atoms with E-state index in [9.17, 15) is 4.79 Å². The molecule has 2 N–H and O–H groups in total. The fourth-order valence-corrected chi connectivity index (χ4v) is 2.40. The molecule has 0 bridgehead atoms. The van der Waals surface area contributed by atoms with Gasteiger partial charge < -0.3 is 10.6 Å². The number of hydrogen-bond donors (Lipinski definition) is 2. The summed E-state index contributed by atoms with van der Waals surface area (Å²) in [7, 11) is 0. The smallest absolute Gasteiger partial charge is 0.233 e. The van der Waals surface area contributed by atoms with Crippen LogP contribution in [0.3, 0.4) is 0 Å². The lowest BCUT2D eigenvalue weighted by atomic mass is 9.84. The van der Waals surface area contributed by atoms with Crippen molar-refractivity contribution < 1.29 is 4.79 Å². The lowest BCUT2D eigenvalue weighted by molar-refractivity contribution is -0.120. The Morgan fingerprint density at radius 1 is 1.00 bits per heavy atom. The van der Waals surface area contributed by atoms with Crippen molar-refractivity contribution in [2.75, 3.05) is 13.1 Å². The predicted molar refractivity (Wildman–Crippen MR) is 95.4 cm³/mol. The summed E-state index contributed by atoms with van der Waals surface area (Å²) in [5.74, 6) is 0.0288. The molecule has 0 unspecified atom stereocenters. The van der Waals surface area contributed by atoms with Gasteiger partial charge in [-0.15, -0.1) is 0 Å². The molecule has 0 aliphatic carbocycles. The second-order valence-corrected chi connectivity index (χ2v) is 6.62. The Bertz CT molecular complexity index is 618. The Morgan fingerprint density at radius 3 is 2.30 bits per heavy atom. The summed E-state index contributed by atoms with van der Waals surface area (Å²) in [6, 6.07) is 18.6. The van der Waals surface area contributed by atoms with E-state index in [0.29, 0.717) is 19.6 Å². The van der Waals surface area contributed by atoms with E-state index in [4.69, 9.17) is 0 Å². The Kier molecular flexibility index (Phi) is 5.94. The van der Waals surface area contributed by atoms with Crippen LogP contribution >= 0.6 is 0 Å². The fraction of sp³-hybridized carbons (Fsp3) is 0.350. The zero-order valence-corrected chi connectivity index (χ0v) is 14.2. The van der Waals surface area contributed by atoms with Gasteiger partial charge >= 0.3 is 0 Å². The molecule has 2 aromatic carbocycles. The van der Waals surface area contributed by atoms with Crippen molar-refractivity contribution in [1.29, 1.82) is 0 Å². The summed E-state index contributed by atoms with van der Waals surface area (Å²) >= 11 is 0. The highest BCUT2D eigenvalue weighted by Crippen LogP contribution is 2.21. The van der Waals surface area contributed by atoms with Crippen LogP contribution in [0.2, 0.25) is 0 Å². The molecular formula is C20H26N2O. The summed E-state index contributed by atoms with van der Waals surface area (Å²) in [5, 5.41) is 6.20. The lowest BCUT2D eigenvalue weighted by Crippen LogP contribution is -2.40. The zero-order chi connectivity index (χ0) is 16.7. The van der Waals surface area contributed by atoms with Crippen LogP contribution in [0.5, 0.6) is 0 Å². The number of carbonyl (C=O) groups is 1. The molecule has 0 atom stereocenters. The molecule has 2 aromatic rings. The number of amides is 1. The summed E-state index contributed by atoms with van der Waals surface area (Å²) < 4.78 is 0. The first-order valence-electron chi connectivity index (χ1n) is 8.06. The molecule has 0 radical (unpaired) electrons. The van der Waals surface area contributed by atoms with Crippen molar-refractivity contribution in [2.24, 2.45) is 0 Å². The number of nitrogens with one attached hydrogen (secondary N) is 2. The van der Waals surface area contributed by atoms with Crippen LogP contribution in [0, 0.1) is 6.92 Å². The summed E-state index contributed by atoms with van der Waals surface area (Å²) in [5.41, 5.74) is 3.59. The minimum Gasteiger partial charge on any atom is -0.354 e. The SMILES string of the molecule is Cc1ccc(CNCC(=O)NCC(C)(C)c2ccccc2)cc1. The summed E-state index contributed by atoms with van der Waals surface area (Å²) in [4.78, 5) is 12.0. The van der Waals surface area contributed by atoms with E-state index in [-0.39, 0.29) is 11.3 Å². The van der Waals surface area contributed by atoms with Gasteiger partial charge in [-0.3, -0.25) is 4.79 Å². The zero-order valence-electron chi connectivity index (χ0n) is 14.2. The standard InChI is InChI=1S/C20H26N2O/c1-16-9-11-17(12-10-16)13-21-14-19(23)22-15-20(2,3)18-7-5-4-6-8-18/h4-12,21H,13-15H2,1-3H3,(H,22,23). The molecule has 2 rings (SSSR count). The van der Waals surface area contributed by atoms with Crippen LogP contribution in [-0.4, -0.2) is 19.0 Å². The Labute approximate surface area is 139 Å². The number of aryl methyl sites for hydroxylation is 1. The molecule has 122 valence electrons. The Hall–Kier alpha value is -2.13. The molecule has 0 aliphatic rings. The Morgan fingerprint density at radius 2 is 1.65 bits per heavy atom. The topological polar surface area (TPSA) is 41.1 Å². The fourth-order valence-electron chi connectivity index (χ4n) is 2.40. The van der Waals surface area contributed by atoms with Gasteiger partial charge in [-0.05, 0) is 18.1 Å². The van der Waals surface area contributed by atoms with Crippen molar-refractivity contribution >= 4 is 5.91 Å². The van der Waals surface area contributed by atoms with Gasteiger partial charge in [0.1, 0.15) is 0 Å². The maximum absolute atomic E-state index is 12.0. The number of rotatable bonds is 7. The first-order valence-corrected chi connectivity index (χ1v) is 8.06. The third kappa shape index (κ3) is 5.53. The van der Waals surface area contributed by atoms with Crippen LogP contribution in [-0.2, 0) is 16.8 Å². The summed E-state index contributed by atoms with van der Waals surface area (Å²) in [6.45, 7) is 8.01. The van der Waals surface area contributed by atoms with E-state index in [2.05, 4.69) is 67.8 Å². The van der Waals surface area contributed by atoms with Gasteiger partial charge in [-0.2, -0.15) is 0 Å². The maximum atomic E-state index is 12.0. The van der Waals surface area contributed by atoms with E-state index in [1.807, 2.05) is 18.2 Å². The van der Waals surface area contributed by atoms with Crippen LogP contribution < -0.4 is 10.6 Å². The second-order valence-electron chi connectivity index (χ2n) is 6.62. The summed E-state index contributed by atoms with van der Waals surface area (Å²) in [6.07, 6.45) is 0. The molecular weight excluding hydrogens is 284 g/mol. The maximum Gasteiger partial charge on any atom is 0.233 e. The molecule has 0 fully saturated rings. The monoisotopic (exact) mass is 310 g/mol. The molecule has 0 aromatic heterocycles. The van der Waals surface area contributed by atoms with E-state index < -0.39 is 0 Å². The van der Waals surface area contributed by atoms with Gasteiger partial charge in [0.25, 0.3) is 0 Å². The third-order valence-corrected chi connectivity index (χ3v) is 4.02. The molecule has 0 heterocycles. The first kappa shape index (κ1) is 17.2. The largest absolute Gasteiger partial charge is 0.354 e. The molecule has 0 spiro atoms. The molecule has 3 heteroatoms.